The lowest BCUT2D eigenvalue weighted by molar-refractivity contribution is 0.482. The van der Waals surface area contributed by atoms with Gasteiger partial charge in [-0.1, -0.05) is 19.1 Å². The third-order valence-corrected chi connectivity index (χ3v) is 5.49. The first kappa shape index (κ1) is 14.6. The fraction of sp³-hybridized carbons (Fsp3) is 0.250. The van der Waals surface area contributed by atoms with E-state index in [1.54, 1.807) is 34.8 Å². The van der Waals surface area contributed by atoms with Crippen molar-refractivity contribution in [3.05, 3.63) is 57.8 Å². The molecule has 2 aromatic heterocycles. The number of nitrogens with one attached hydrogen (secondary N) is 1. The van der Waals surface area contributed by atoms with E-state index in [9.17, 15) is 8.78 Å². The van der Waals surface area contributed by atoms with Crippen LogP contribution >= 0.6 is 22.7 Å². The van der Waals surface area contributed by atoms with E-state index in [0.717, 1.165) is 23.9 Å². The molecule has 1 nitrogen and oxygen atoms in total. The molecule has 3 rings (SSSR count). The Morgan fingerprint density at radius 2 is 2.05 bits per heavy atom. The predicted molar refractivity (Wildman–Crippen MR) is 86.2 cm³/mol. The molecule has 110 valence electrons. The van der Waals surface area contributed by atoms with Crippen LogP contribution in [0.15, 0.2) is 35.7 Å². The highest BCUT2D eigenvalue weighted by Crippen LogP contribution is 2.36. The number of thiophene rings is 2. The van der Waals surface area contributed by atoms with Crippen molar-refractivity contribution in [2.45, 2.75) is 19.4 Å². The van der Waals surface area contributed by atoms with Gasteiger partial charge in [-0.3, -0.25) is 0 Å². The largest absolute Gasteiger partial charge is 0.306 e. The molecule has 1 atom stereocenters. The van der Waals surface area contributed by atoms with Gasteiger partial charge in [-0.25, -0.2) is 8.78 Å². The molecule has 0 amide bonds. The fourth-order valence-electron chi connectivity index (χ4n) is 2.32. The van der Waals surface area contributed by atoms with Gasteiger partial charge in [-0.2, -0.15) is 0 Å². The van der Waals surface area contributed by atoms with Crippen molar-refractivity contribution in [1.82, 2.24) is 5.32 Å². The molecule has 1 N–H and O–H groups in total. The van der Waals surface area contributed by atoms with Gasteiger partial charge in [0.2, 0.25) is 0 Å². The fourth-order valence-corrected chi connectivity index (χ4v) is 4.54. The minimum Gasteiger partial charge on any atom is -0.306 e. The average Bonchev–Trinajstić information content (AvgIpc) is 3.05. The molecule has 0 aliphatic heterocycles. The van der Waals surface area contributed by atoms with E-state index in [1.807, 2.05) is 5.38 Å². The van der Waals surface area contributed by atoms with Crippen LogP contribution in [-0.2, 0) is 0 Å². The maximum Gasteiger partial charge on any atom is 0.163 e. The Balaban J connectivity index is 2.04. The Hall–Kier alpha value is -1.30. The summed E-state index contributed by atoms with van der Waals surface area (Å²) in [7, 11) is 0. The van der Waals surface area contributed by atoms with Crippen LogP contribution < -0.4 is 5.32 Å². The zero-order valence-electron chi connectivity index (χ0n) is 11.5. The maximum absolute atomic E-state index is 14.1. The number of halogens is 2. The Morgan fingerprint density at radius 3 is 2.81 bits per heavy atom. The van der Waals surface area contributed by atoms with Crippen molar-refractivity contribution in [3.63, 3.8) is 0 Å². The van der Waals surface area contributed by atoms with Gasteiger partial charge in [-0.05, 0) is 36.5 Å². The van der Waals surface area contributed by atoms with Gasteiger partial charge < -0.3 is 5.32 Å². The lowest BCUT2D eigenvalue weighted by Crippen LogP contribution is -2.23. The normalized spacial score (nSPS) is 12.9. The quantitative estimate of drug-likeness (QED) is 0.669. The Morgan fingerprint density at radius 1 is 1.19 bits per heavy atom. The van der Waals surface area contributed by atoms with Crippen LogP contribution in [0.25, 0.3) is 9.40 Å². The highest BCUT2D eigenvalue weighted by molar-refractivity contribution is 7.27. The maximum atomic E-state index is 14.1. The zero-order chi connectivity index (χ0) is 14.8. The van der Waals surface area contributed by atoms with Crippen LogP contribution in [0.4, 0.5) is 8.78 Å². The van der Waals surface area contributed by atoms with Gasteiger partial charge >= 0.3 is 0 Å². The van der Waals surface area contributed by atoms with E-state index in [-0.39, 0.29) is 6.04 Å². The molecule has 0 saturated heterocycles. The molecule has 3 aromatic rings. The molecular weight excluding hydrogens is 308 g/mol. The summed E-state index contributed by atoms with van der Waals surface area (Å²) >= 11 is 3.30. The van der Waals surface area contributed by atoms with Crippen molar-refractivity contribution in [1.29, 1.82) is 0 Å². The first-order valence-electron chi connectivity index (χ1n) is 6.85. The van der Waals surface area contributed by atoms with E-state index in [2.05, 4.69) is 24.4 Å². The molecule has 1 unspecified atom stereocenters. The van der Waals surface area contributed by atoms with E-state index in [4.69, 9.17) is 0 Å². The summed E-state index contributed by atoms with van der Waals surface area (Å²) in [6, 6.07) is 8.20. The summed E-state index contributed by atoms with van der Waals surface area (Å²) in [5.74, 6) is -1.56. The second-order valence-corrected chi connectivity index (χ2v) is 6.89. The number of hydrogen-bond acceptors (Lipinski definition) is 3. The lowest BCUT2D eigenvalue weighted by Gasteiger charge is -2.18. The van der Waals surface area contributed by atoms with Crippen LogP contribution in [0.3, 0.4) is 0 Å². The van der Waals surface area contributed by atoms with Gasteiger partial charge in [-0.15, -0.1) is 22.7 Å². The standard InChI is InChI=1S/C16H15F2NS2/c1-2-7-19-16(10-4-3-5-11(17)15(10)18)14-9-13-12(21-14)6-8-20-13/h3-6,8-9,16,19H,2,7H2,1H3. The molecule has 21 heavy (non-hydrogen) atoms. The molecule has 0 saturated carbocycles. The average molecular weight is 323 g/mol. The molecule has 0 aliphatic rings. The van der Waals surface area contributed by atoms with Gasteiger partial charge in [0.1, 0.15) is 0 Å². The highest BCUT2D eigenvalue weighted by atomic mass is 32.1. The van der Waals surface area contributed by atoms with Gasteiger partial charge in [0.15, 0.2) is 11.6 Å². The first-order chi connectivity index (χ1) is 10.2. The number of fused-ring (bicyclic) bond motifs is 1. The summed E-state index contributed by atoms with van der Waals surface area (Å²) in [5, 5.41) is 5.37. The van der Waals surface area contributed by atoms with Gasteiger partial charge in [0, 0.05) is 19.8 Å². The Labute approximate surface area is 130 Å². The molecule has 1 aromatic carbocycles. The molecule has 0 aliphatic carbocycles. The minimum atomic E-state index is -0.797. The summed E-state index contributed by atoms with van der Waals surface area (Å²) in [6.45, 7) is 2.81. The Bertz CT molecular complexity index is 719. The van der Waals surface area contributed by atoms with E-state index < -0.39 is 11.6 Å². The molecule has 0 bridgehead atoms. The summed E-state index contributed by atoms with van der Waals surface area (Å²) in [6.07, 6.45) is 0.938. The lowest BCUT2D eigenvalue weighted by atomic mass is 10.0. The minimum absolute atomic E-state index is 0.301. The third-order valence-electron chi connectivity index (χ3n) is 3.33. The molecule has 0 fully saturated rings. The van der Waals surface area contributed by atoms with E-state index >= 15 is 0 Å². The zero-order valence-corrected chi connectivity index (χ0v) is 13.2. The number of hydrogen-bond donors (Lipinski definition) is 1. The number of rotatable bonds is 5. The van der Waals surface area contributed by atoms with Crippen LogP contribution in [0.2, 0.25) is 0 Å². The predicted octanol–water partition coefficient (Wildman–Crippen LogP) is 5.33. The summed E-state index contributed by atoms with van der Waals surface area (Å²) < 4.78 is 30.0. The van der Waals surface area contributed by atoms with Crippen molar-refractivity contribution in [3.8, 4) is 0 Å². The van der Waals surface area contributed by atoms with Crippen LogP contribution in [0.1, 0.15) is 29.8 Å². The Kier molecular flexibility index (Phi) is 4.33. The van der Waals surface area contributed by atoms with Gasteiger partial charge in [0.25, 0.3) is 0 Å². The third kappa shape index (κ3) is 2.86. The molecule has 5 heteroatoms. The molecule has 0 spiro atoms. The second kappa shape index (κ2) is 6.22. The van der Waals surface area contributed by atoms with Crippen LogP contribution in [-0.4, -0.2) is 6.54 Å². The van der Waals surface area contributed by atoms with E-state index in [1.165, 1.54) is 9.40 Å². The monoisotopic (exact) mass is 323 g/mol. The van der Waals surface area contributed by atoms with Crippen LogP contribution in [0, 0.1) is 11.6 Å². The second-order valence-electron chi connectivity index (χ2n) is 4.83. The molecule has 2 heterocycles. The smallest absolute Gasteiger partial charge is 0.163 e. The van der Waals surface area contributed by atoms with E-state index in [0.29, 0.717) is 5.56 Å². The van der Waals surface area contributed by atoms with Crippen molar-refractivity contribution < 1.29 is 8.78 Å². The van der Waals surface area contributed by atoms with Crippen molar-refractivity contribution >= 4 is 32.1 Å². The topological polar surface area (TPSA) is 12.0 Å². The summed E-state index contributed by atoms with van der Waals surface area (Å²) in [4.78, 5) is 1.02. The summed E-state index contributed by atoms with van der Waals surface area (Å²) in [5.41, 5.74) is 0.373. The SMILES string of the molecule is CCCNC(c1cc2sccc2s1)c1cccc(F)c1F. The molecular formula is C16H15F2NS2. The number of benzene rings is 1. The highest BCUT2D eigenvalue weighted by Gasteiger charge is 2.21. The van der Waals surface area contributed by atoms with Crippen molar-refractivity contribution in [2.75, 3.05) is 6.54 Å². The molecule has 0 radical (unpaired) electrons. The van der Waals surface area contributed by atoms with Crippen LogP contribution in [0.5, 0.6) is 0 Å². The van der Waals surface area contributed by atoms with Gasteiger partial charge in [0.05, 0.1) is 6.04 Å². The van der Waals surface area contributed by atoms with Crippen molar-refractivity contribution in [2.24, 2.45) is 0 Å². The first-order valence-corrected chi connectivity index (χ1v) is 8.54.